The van der Waals surface area contributed by atoms with Gasteiger partial charge < -0.3 is 4.90 Å². The summed E-state index contributed by atoms with van der Waals surface area (Å²) in [6.45, 7) is 5.71. The van der Waals surface area contributed by atoms with Crippen LogP contribution in [-0.2, 0) is 22.6 Å². The highest BCUT2D eigenvalue weighted by Gasteiger charge is 2.48. The molecule has 0 heterocycles. The van der Waals surface area contributed by atoms with Gasteiger partial charge in [0.25, 0.3) is 0 Å². The summed E-state index contributed by atoms with van der Waals surface area (Å²) in [5.74, 6) is 0. The molecule has 0 atom stereocenters. The normalized spacial score (nSPS) is 18.8. The molecule has 2 aliphatic carbocycles. The molecule has 2 fully saturated rings. The molecule has 3 heteroatoms. The van der Waals surface area contributed by atoms with E-state index in [9.17, 15) is 0 Å². The lowest BCUT2D eigenvalue weighted by atomic mass is 9.91. The third-order valence-corrected chi connectivity index (χ3v) is 7.68. The smallest absolute Gasteiger partial charge is 0.0699 e. The van der Waals surface area contributed by atoms with Crippen LogP contribution >= 0.6 is 23.2 Å². The van der Waals surface area contributed by atoms with Gasteiger partial charge in [-0.05, 0) is 86.7 Å². The monoisotopic (exact) mass is 429 g/mol. The molecule has 0 aromatic heterocycles. The summed E-state index contributed by atoms with van der Waals surface area (Å²) in [5, 5.41) is 0. The van der Waals surface area contributed by atoms with Crippen LogP contribution in [0.3, 0.4) is 0 Å². The first-order chi connectivity index (χ1) is 14.0. The largest absolute Gasteiger partial charge is 0.303 e. The lowest BCUT2D eigenvalue weighted by Crippen LogP contribution is -2.28. The van der Waals surface area contributed by atoms with E-state index < -0.39 is 0 Å². The van der Waals surface area contributed by atoms with E-state index in [-0.39, 0.29) is 9.75 Å². The van der Waals surface area contributed by atoms with Crippen molar-refractivity contribution < 1.29 is 0 Å². The molecule has 0 radical (unpaired) electrons. The lowest BCUT2D eigenvalue weighted by Gasteiger charge is -2.24. The maximum atomic E-state index is 6.87. The highest BCUT2D eigenvalue weighted by atomic mass is 35.5. The zero-order valence-corrected chi connectivity index (χ0v) is 19.1. The van der Waals surface area contributed by atoms with Crippen molar-refractivity contribution >= 4 is 23.2 Å². The fraction of sp³-hybridized carbons (Fsp3) is 0.538. The van der Waals surface area contributed by atoms with Crippen molar-refractivity contribution in [1.82, 2.24) is 4.90 Å². The van der Waals surface area contributed by atoms with Gasteiger partial charge in [-0.1, -0.05) is 55.5 Å². The Morgan fingerprint density at radius 2 is 1.38 bits per heavy atom. The Morgan fingerprint density at radius 3 is 1.93 bits per heavy atom. The van der Waals surface area contributed by atoms with Crippen LogP contribution in [0.1, 0.15) is 67.7 Å². The molecule has 0 unspecified atom stereocenters. The minimum Gasteiger partial charge on any atom is -0.303 e. The van der Waals surface area contributed by atoms with Crippen LogP contribution in [0.15, 0.2) is 48.5 Å². The summed E-state index contributed by atoms with van der Waals surface area (Å²) < 4.78 is 0. The summed E-state index contributed by atoms with van der Waals surface area (Å²) in [6.07, 6.45) is 8.96. The molecule has 2 aliphatic rings. The van der Waals surface area contributed by atoms with E-state index in [0.29, 0.717) is 0 Å². The third-order valence-electron chi connectivity index (χ3n) is 6.52. The Kier molecular flexibility index (Phi) is 6.59. The zero-order chi connectivity index (χ0) is 20.3. The summed E-state index contributed by atoms with van der Waals surface area (Å²) in [5.41, 5.74) is 5.59. The summed E-state index contributed by atoms with van der Waals surface area (Å²) in [4.78, 5) is 2.38. The number of benzene rings is 2. The quantitative estimate of drug-likeness (QED) is 0.346. The van der Waals surface area contributed by atoms with Crippen molar-refractivity contribution in [2.75, 3.05) is 19.6 Å². The van der Waals surface area contributed by atoms with Gasteiger partial charge in [0.2, 0.25) is 0 Å². The molecule has 0 saturated heterocycles. The molecule has 2 aromatic rings. The molecular weight excluding hydrogens is 397 g/mol. The van der Waals surface area contributed by atoms with Crippen molar-refractivity contribution in [3.8, 4) is 0 Å². The SMILES string of the molecule is CCCN(CCCc1c(C2(Cl)CC2)cccc1C1(Cl)CC1)CCc1ccccc1. The van der Waals surface area contributed by atoms with Gasteiger partial charge in [-0.3, -0.25) is 0 Å². The second-order valence-corrected chi connectivity index (χ2v) is 10.4. The first-order valence-corrected chi connectivity index (χ1v) is 12.1. The molecule has 2 aromatic carbocycles. The van der Waals surface area contributed by atoms with Crippen LogP contribution in [-0.4, -0.2) is 24.5 Å². The van der Waals surface area contributed by atoms with Gasteiger partial charge in [-0.25, -0.2) is 0 Å². The Labute approximate surface area is 186 Å². The van der Waals surface area contributed by atoms with Gasteiger partial charge >= 0.3 is 0 Å². The molecule has 0 spiro atoms. The van der Waals surface area contributed by atoms with E-state index in [1.165, 1.54) is 41.6 Å². The van der Waals surface area contributed by atoms with Crippen molar-refractivity contribution in [2.45, 2.75) is 68.0 Å². The highest BCUT2D eigenvalue weighted by molar-refractivity contribution is 6.27. The van der Waals surface area contributed by atoms with Crippen LogP contribution in [0.4, 0.5) is 0 Å². The molecule has 156 valence electrons. The first kappa shape index (κ1) is 21.2. The van der Waals surface area contributed by atoms with Gasteiger partial charge in [0.15, 0.2) is 0 Å². The zero-order valence-electron chi connectivity index (χ0n) is 17.6. The van der Waals surface area contributed by atoms with E-state index in [2.05, 4.69) is 60.4 Å². The summed E-state index contributed by atoms with van der Waals surface area (Å²) in [6, 6.07) is 17.5. The molecule has 0 N–H and O–H groups in total. The second kappa shape index (κ2) is 9.00. The average molecular weight is 430 g/mol. The minimum absolute atomic E-state index is 0.121. The predicted octanol–water partition coefficient (Wildman–Crippen LogP) is 7.03. The van der Waals surface area contributed by atoms with Gasteiger partial charge in [0.1, 0.15) is 0 Å². The maximum Gasteiger partial charge on any atom is 0.0699 e. The Bertz CT molecular complexity index is 772. The van der Waals surface area contributed by atoms with E-state index in [0.717, 1.165) is 51.6 Å². The summed E-state index contributed by atoms with van der Waals surface area (Å²) in [7, 11) is 0. The van der Waals surface area contributed by atoms with Crippen molar-refractivity contribution in [2.24, 2.45) is 0 Å². The van der Waals surface area contributed by atoms with Crippen molar-refractivity contribution in [3.05, 3.63) is 70.8 Å². The van der Waals surface area contributed by atoms with E-state index in [1.54, 1.807) is 0 Å². The van der Waals surface area contributed by atoms with Gasteiger partial charge in [-0.2, -0.15) is 0 Å². The summed E-state index contributed by atoms with van der Waals surface area (Å²) >= 11 is 13.7. The Hall–Kier alpha value is -1.02. The standard InChI is InChI=1S/C26H33Cl2N/c1-2-18-29(20-13-21-8-4-3-5-9-21)19-7-10-22-23(25(27)14-15-25)11-6-12-24(22)26(28)16-17-26/h3-6,8-9,11-12H,2,7,10,13-20H2,1H3. The highest BCUT2D eigenvalue weighted by Crippen LogP contribution is 2.58. The third kappa shape index (κ3) is 5.19. The van der Waals surface area contributed by atoms with Gasteiger partial charge in [0.05, 0.1) is 9.75 Å². The fourth-order valence-electron chi connectivity index (χ4n) is 4.52. The molecule has 29 heavy (non-hydrogen) atoms. The molecule has 4 rings (SSSR count). The van der Waals surface area contributed by atoms with Crippen LogP contribution in [0, 0.1) is 0 Å². The molecule has 0 amide bonds. The van der Waals surface area contributed by atoms with Crippen molar-refractivity contribution in [1.29, 1.82) is 0 Å². The molecular formula is C26H33Cl2N. The lowest BCUT2D eigenvalue weighted by molar-refractivity contribution is 0.274. The average Bonchev–Trinajstić information content (AvgIpc) is 3.66. The minimum atomic E-state index is -0.121. The number of hydrogen-bond acceptors (Lipinski definition) is 1. The van der Waals surface area contributed by atoms with Crippen LogP contribution in [0.5, 0.6) is 0 Å². The first-order valence-electron chi connectivity index (χ1n) is 11.3. The molecule has 2 saturated carbocycles. The van der Waals surface area contributed by atoms with E-state index >= 15 is 0 Å². The number of nitrogens with zero attached hydrogens (tertiary/aromatic N) is 1. The van der Waals surface area contributed by atoms with Crippen LogP contribution < -0.4 is 0 Å². The maximum absolute atomic E-state index is 6.87. The predicted molar refractivity (Wildman–Crippen MR) is 125 cm³/mol. The van der Waals surface area contributed by atoms with Gasteiger partial charge in [-0.15, -0.1) is 23.2 Å². The Balaban J connectivity index is 1.41. The van der Waals surface area contributed by atoms with E-state index in [1.807, 2.05) is 0 Å². The number of halogens is 2. The van der Waals surface area contributed by atoms with Gasteiger partial charge in [0, 0.05) is 6.54 Å². The molecule has 0 bridgehead atoms. The molecule has 0 aliphatic heterocycles. The Morgan fingerprint density at radius 1 is 0.759 bits per heavy atom. The van der Waals surface area contributed by atoms with Crippen LogP contribution in [0.25, 0.3) is 0 Å². The topological polar surface area (TPSA) is 3.24 Å². The van der Waals surface area contributed by atoms with Crippen LogP contribution in [0.2, 0.25) is 0 Å². The number of hydrogen-bond donors (Lipinski definition) is 0. The fourth-order valence-corrected chi connectivity index (χ4v) is 5.06. The number of rotatable bonds is 11. The van der Waals surface area contributed by atoms with E-state index in [4.69, 9.17) is 23.2 Å². The molecule has 1 nitrogen and oxygen atoms in total. The second-order valence-electron chi connectivity index (χ2n) is 8.94. The number of alkyl halides is 2. The van der Waals surface area contributed by atoms with Crippen molar-refractivity contribution in [3.63, 3.8) is 0 Å².